The van der Waals surface area contributed by atoms with E-state index in [-0.39, 0.29) is 17.9 Å². The van der Waals surface area contributed by atoms with Gasteiger partial charge in [0, 0.05) is 5.69 Å². The molecule has 0 aliphatic rings. The minimum absolute atomic E-state index is 0.190. The summed E-state index contributed by atoms with van der Waals surface area (Å²) in [6.07, 6.45) is 3.80. The number of carboxylic acids is 1. The standard InChI is InChI=1S/C16H27N3O3/c1-6-12(7-2)19-11(5)13(9-17-19)15(20)18-14(16(21)22)8-10(3)4/h9-10,12,14H,6-8H2,1-5H3,(H,18,20)(H,21,22). The predicted molar refractivity (Wildman–Crippen MR) is 84.9 cm³/mol. The number of carboxylic acid groups (broad SMARTS) is 1. The van der Waals surface area contributed by atoms with Crippen molar-refractivity contribution in [1.82, 2.24) is 15.1 Å². The number of nitrogens with one attached hydrogen (secondary N) is 1. The molecule has 0 aromatic carbocycles. The molecule has 0 fully saturated rings. The molecule has 2 N–H and O–H groups in total. The molecule has 0 radical (unpaired) electrons. The Morgan fingerprint density at radius 3 is 2.36 bits per heavy atom. The van der Waals surface area contributed by atoms with Crippen LogP contribution in [0.3, 0.4) is 0 Å². The van der Waals surface area contributed by atoms with E-state index >= 15 is 0 Å². The molecular weight excluding hydrogens is 282 g/mol. The Labute approximate surface area is 131 Å². The van der Waals surface area contributed by atoms with Crippen molar-refractivity contribution in [1.29, 1.82) is 0 Å². The molecule has 1 atom stereocenters. The maximum atomic E-state index is 12.3. The second-order valence-corrected chi connectivity index (χ2v) is 6.05. The molecule has 1 heterocycles. The highest BCUT2D eigenvalue weighted by Gasteiger charge is 2.24. The summed E-state index contributed by atoms with van der Waals surface area (Å²) in [5.41, 5.74) is 1.22. The number of carbonyl (C=O) groups is 2. The maximum Gasteiger partial charge on any atom is 0.326 e. The number of rotatable bonds is 8. The molecule has 1 aromatic rings. The van der Waals surface area contributed by atoms with Crippen molar-refractivity contribution in [3.05, 3.63) is 17.5 Å². The van der Waals surface area contributed by atoms with Crippen molar-refractivity contribution < 1.29 is 14.7 Å². The minimum atomic E-state index is -1.01. The third-order valence-electron chi connectivity index (χ3n) is 3.89. The zero-order valence-electron chi connectivity index (χ0n) is 14.1. The number of carbonyl (C=O) groups excluding carboxylic acids is 1. The quantitative estimate of drug-likeness (QED) is 0.773. The summed E-state index contributed by atoms with van der Waals surface area (Å²) in [6, 6.07) is -0.615. The van der Waals surface area contributed by atoms with Gasteiger partial charge in [0.1, 0.15) is 6.04 Å². The summed E-state index contributed by atoms with van der Waals surface area (Å²) in [6.45, 7) is 9.87. The lowest BCUT2D eigenvalue weighted by Crippen LogP contribution is -2.41. The van der Waals surface area contributed by atoms with Crippen molar-refractivity contribution in [2.45, 2.75) is 66.0 Å². The Balaban J connectivity index is 2.92. The van der Waals surface area contributed by atoms with E-state index in [0.29, 0.717) is 12.0 Å². The summed E-state index contributed by atoms with van der Waals surface area (Å²) in [5, 5.41) is 16.1. The van der Waals surface area contributed by atoms with Crippen LogP contribution in [0.25, 0.3) is 0 Å². The number of aromatic nitrogens is 2. The molecular formula is C16H27N3O3. The van der Waals surface area contributed by atoms with Crippen LogP contribution in [0.15, 0.2) is 6.20 Å². The highest BCUT2D eigenvalue weighted by atomic mass is 16.4. The van der Waals surface area contributed by atoms with Crippen molar-refractivity contribution in [3.63, 3.8) is 0 Å². The third-order valence-corrected chi connectivity index (χ3v) is 3.89. The lowest BCUT2D eigenvalue weighted by molar-refractivity contribution is -0.139. The first kappa shape index (κ1) is 18.2. The zero-order chi connectivity index (χ0) is 16.9. The molecule has 1 rings (SSSR count). The molecule has 0 aliphatic carbocycles. The molecule has 0 spiro atoms. The smallest absolute Gasteiger partial charge is 0.326 e. The SMILES string of the molecule is CCC(CC)n1ncc(C(=O)NC(CC(C)C)C(=O)O)c1C. The molecule has 6 nitrogen and oxygen atoms in total. The van der Waals surface area contributed by atoms with Crippen LogP contribution < -0.4 is 5.32 Å². The Morgan fingerprint density at radius 2 is 1.91 bits per heavy atom. The van der Waals surface area contributed by atoms with Crippen molar-refractivity contribution in [2.24, 2.45) is 5.92 Å². The van der Waals surface area contributed by atoms with Crippen LogP contribution in [0.2, 0.25) is 0 Å². The van der Waals surface area contributed by atoms with Gasteiger partial charge >= 0.3 is 5.97 Å². The van der Waals surface area contributed by atoms with Gasteiger partial charge in [0.15, 0.2) is 0 Å². The fraction of sp³-hybridized carbons (Fsp3) is 0.688. The molecule has 0 saturated carbocycles. The van der Waals surface area contributed by atoms with Crippen LogP contribution in [-0.2, 0) is 4.79 Å². The average molecular weight is 309 g/mol. The summed E-state index contributed by atoms with van der Waals surface area (Å²) < 4.78 is 1.85. The molecule has 1 aromatic heterocycles. The van der Waals surface area contributed by atoms with Gasteiger partial charge in [-0.05, 0) is 32.1 Å². The van der Waals surface area contributed by atoms with Gasteiger partial charge in [-0.2, -0.15) is 5.10 Å². The van der Waals surface area contributed by atoms with Crippen LogP contribution in [0.1, 0.15) is 69.1 Å². The van der Waals surface area contributed by atoms with Gasteiger partial charge in [-0.3, -0.25) is 9.48 Å². The summed E-state index contributed by atoms with van der Waals surface area (Å²) in [5.74, 6) is -1.19. The Hall–Kier alpha value is -1.85. The van der Waals surface area contributed by atoms with Crippen molar-refractivity contribution in [2.75, 3.05) is 0 Å². The number of amides is 1. The minimum Gasteiger partial charge on any atom is -0.480 e. The van der Waals surface area contributed by atoms with Crippen LogP contribution in [-0.4, -0.2) is 32.8 Å². The first-order valence-electron chi connectivity index (χ1n) is 7.89. The largest absolute Gasteiger partial charge is 0.480 e. The fourth-order valence-corrected chi connectivity index (χ4v) is 2.58. The third kappa shape index (κ3) is 4.32. The van der Waals surface area contributed by atoms with E-state index in [9.17, 15) is 14.7 Å². The molecule has 22 heavy (non-hydrogen) atoms. The van der Waals surface area contributed by atoms with E-state index in [2.05, 4.69) is 24.3 Å². The van der Waals surface area contributed by atoms with Gasteiger partial charge in [-0.15, -0.1) is 0 Å². The van der Waals surface area contributed by atoms with E-state index in [4.69, 9.17) is 0 Å². The molecule has 0 saturated heterocycles. The van der Waals surface area contributed by atoms with E-state index in [1.54, 1.807) is 0 Å². The number of nitrogens with zero attached hydrogens (tertiary/aromatic N) is 2. The van der Waals surface area contributed by atoms with Gasteiger partial charge in [-0.1, -0.05) is 27.7 Å². The van der Waals surface area contributed by atoms with Crippen LogP contribution in [0.5, 0.6) is 0 Å². The highest BCUT2D eigenvalue weighted by molar-refractivity contribution is 5.97. The first-order valence-corrected chi connectivity index (χ1v) is 7.89. The van der Waals surface area contributed by atoms with Gasteiger partial charge in [0.2, 0.25) is 0 Å². The maximum absolute atomic E-state index is 12.3. The molecule has 1 amide bonds. The summed E-state index contributed by atoms with van der Waals surface area (Å²) in [4.78, 5) is 23.6. The summed E-state index contributed by atoms with van der Waals surface area (Å²) in [7, 11) is 0. The van der Waals surface area contributed by atoms with Crippen LogP contribution >= 0.6 is 0 Å². The summed E-state index contributed by atoms with van der Waals surface area (Å²) >= 11 is 0. The molecule has 0 aliphatic heterocycles. The average Bonchev–Trinajstić information content (AvgIpc) is 2.81. The second-order valence-electron chi connectivity index (χ2n) is 6.05. The molecule has 6 heteroatoms. The van der Waals surface area contributed by atoms with Crippen molar-refractivity contribution >= 4 is 11.9 Å². The van der Waals surface area contributed by atoms with Gasteiger partial charge in [-0.25, -0.2) is 4.79 Å². The topological polar surface area (TPSA) is 84.2 Å². The Morgan fingerprint density at radius 1 is 1.32 bits per heavy atom. The zero-order valence-corrected chi connectivity index (χ0v) is 14.1. The monoisotopic (exact) mass is 309 g/mol. The van der Waals surface area contributed by atoms with E-state index < -0.39 is 12.0 Å². The number of aliphatic carboxylic acids is 1. The van der Waals surface area contributed by atoms with Gasteiger partial charge in [0.25, 0.3) is 5.91 Å². The van der Waals surface area contributed by atoms with Gasteiger partial charge < -0.3 is 10.4 Å². The van der Waals surface area contributed by atoms with Crippen LogP contribution in [0.4, 0.5) is 0 Å². The lowest BCUT2D eigenvalue weighted by Gasteiger charge is -2.17. The second kappa shape index (κ2) is 7.96. The van der Waals surface area contributed by atoms with E-state index in [1.165, 1.54) is 6.20 Å². The Bertz CT molecular complexity index is 519. The molecule has 124 valence electrons. The number of hydrogen-bond donors (Lipinski definition) is 2. The molecule has 1 unspecified atom stereocenters. The van der Waals surface area contributed by atoms with E-state index in [0.717, 1.165) is 18.5 Å². The molecule has 0 bridgehead atoms. The number of hydrogen-bond acceptors (Lipinski definition) is 3. The predicted octanol–water partition coefficient (Wildman–Crippen LogP) is 2.78. The van der Waals surface area contributed by atoms with Crippen molar-refractivity contribution in [3.8, 4) is 0 Å². The fourth-order valence-electron chi connectivity index (χ4n) is 2.58. The van der Waals surface area contributed by atoms with Crippen LogP contribution in [0, 0.1) is 12.8 Å². The normalized spacial score (nSPS) is 12.7. The first-order chi connectivity index (χ1) is 10.3. The van der Waals surface area contributed by atoms with E-state index in [1.807, 2.05) is 25.5 Å². The Kier molecular flexibility index (Phi) is 6.59. The highest BCUT2D eigenvalue weighted by Crippen LogP contribution is 2.19. The lowest BCUT2D eigenvalue weighted by atomic mass is 10.0. The van der Waals surface area contributed by atoms with Gasteiger partial charge in [0.05, 0.1) is 17.8 Å².